The summed E-state index contributed by atoms with van der Waals surface area (Å²) in [6.07, 6.45) is 5.11. The van der Waals surface area contributed by atoms with Gasteiger partial charge in [0.15, 0.2) is 0 Å². The van der Waals surface area contributed by atoms with Crippen LogP contribution in [0.5, 0.6) is 5.75 Å². The Balaban J connectivity index is 1.35. The minimum atomic E-state index is -0.0976. The molecule has 4 rings (SSSR count). The third kappa shape index (κ3) is 5.57. The van der Waals surface area contributed by atoms with E-state index < -0.39 is 0 Å². The number of amides is 1. The maximum absolute atomic E-state index is 12.3. The first-order valence-corrected chi connectivity index (χ1v) is 11.3. The lowest BCUT2D eigenvalue weighted by Crippen LogP contribution is -2.49. The van der Waals surface area contributed by atoms with Crippen molar-refractivity contribution < 1.29 is 13.9 Å². The lowest BCUT2D eigenvalue weighted by atomic mass is 10.1. The van der Waals surface area contributed by atoms with Crippen molar-refractivity contribution in [3.8, 4) is 5.75 Å². The van der Waals surface area contributed by atoms with Crippen molar-refractivity contribution in [1.29, 1.82) is 0 Å². The number of thiophene rings is 1. The van der Waals surface area contributed by atoms with Gasteiger partial charge in [-0.15, -0.1) is 0 Å². The van der Waals surface area contributed by atoms with Crippen LogP contribution in [0.25, 0.3) is 6.08 Å². The predicted molar refractivity (Wildman–Crippen MR) is 125 cm³/mol. The lowest BCUT2D eigenvalue weighted by Gasteiger charge is -2.39. The number of carbonyl (C=O) groups excluding carboxylic acids is 1. The molecule has 3 heterocycles. The summed E-state index contributed by atoms with van der Waals surface area (Å²) in [6, 6.07) is 14.0. The highest BCUT2D eigenvalue weighted by atomic mass is 32.1. The minimum Gasteiger partial charge on any atom is -0.497 e. The molecule has 3 aromatic rings. The van der Waals surface area contributed by atoms with E-state index in [1.165, 1.54) is 5.69 Å². The highest BCUT2D eigenvalue weighted by Crippen LogP contribution is 2.25. The standard InChI is InChI=1S/C24H27N3O3S/c1-29-21-7-5-20(6-8-21)26-11-13-27(14-12-26)22(23-3-2-15-30-23)17-25-24(28)9-4-19-10-16-31-18-19/h2-10,15-16,18,22H,11-14,17H2,1H3,(H,25,28)/b9-4+. The van der Waals surface area contributed by atoms with E-state index in [-0.39, 0.29) is 11.9 Å². The molecule has 31 heavy (non-hydrogen) atoms. The largest absolute Gasteiger partial charge is 0.497 e. The summed E-state index contributed by atoms with van der Waals surface area (Å²) < 4.78 is 11.0. The number of furan rings is 1. The Kier molecular flexibility index (Phi) is 7.07. The van der Waals surface area contributed by atoms with E-state index in [0.29, 0.717) is 6.54 Å². The van der Waals surface area contributed by atoms with Crippen molar-refractivity contribution in [3.05, 3.63) is 76.9 Å². The highest BCUT2D eigenvalue weighted by molar-refractivity contribution is 7.08. The Bertz CT molecular complexity index is 960. The van der Waals surface area contributed by atoms with E-state index in [4.69, 9.17) is 9.15 Å². The Morgan fingerprint density at radius 1 is 1.19 bits per heavy atom. The van der Waals surface area contributed by atoms with Crippen molar-refractivity contribution >= 4 is 29.0 Å². The van der Waals surface area contributed by atoms with Crippen LogP contribution in [0.2, 0.25) is 0 Å². The third-order valence-electron chi connectivity index (χ3n) is 5.50. The van der Waals surface area contributed by atoms with Crippen molar-refractivity contribution in [2.75, 3.05) is 44.7 Å². The summed E-state index contributed by atoms with van der Waals surface area (Å²) in [5.41, 5.74) is 2.24. The van der Waals surface area contributed by atoms with E-state index in [2.05, 4.69) is 27.2 Å². The maximum Gasteiger partial charge on any atom is 0.244 e. The van der Waals surface area contributed by atoms with Gasteiger partial charge in [-0.3, -0.25) is 9.69 Å². The second-order valence-corrected chi connectivity index (χ2v) is 8.17. The molecule has 1 saturated heterocycles. The predicted octanol–water partition coefficient (Wildman–Crippen LogP) is 4.04. The van der Waals surface area contributed by atoms with Crippen LogP contribution in [-0.2, 0) is 4.79 Å². The van der Waals surface area contributed by atoms with Crippen LogP contribution < -0.4 is 15.0 Å². The Labute approximate surface area is 186 Å². The zero-order valence-electron chi connectivity index (χ0n) is 17.6. The fourth-order valence-electron chi connectivity index (χ4n) is 3.77. The summed E-state index contributed by atoms with van der Waals surface area (Å²) in [5, 5.41) is 7.04. The first-order valence-electron chi connectivity index (χ1n) is 10.4. The van der Waals surface area contributed by atoms with Crippen LogP contribution in [0.15, 0.2) is 70.0 Å². The number of piperazine rings is 1. The number of carbonyl (C=O) groups is 1. The maximum atomic E-state index is 12.3. The van der Waals surface area contributed by atoms with Gasteiger partial charge in [0.1, 0.15) is 11.5 Å². The van der Waals surface area contributed by atoms with E-state index in [9.17, 15) is 4.79 Å². The Hall–Kier alpha value is -3.03. The number of hydrogen-bond donors (Lipinski definition) is 1. The number of rotatable bonds is 8. The summed E-state index contributed by atoms with van der Waals surface area (Å²) in [4.78, 5) is 17.1. The number of methoxy groups -OCH3 is 1. The van der Waals surface area contributed by atoms with Crippen molar-refractivity contribution in [2.45, 2.75) is 6.04 Å². The molecule has 1 fully saturated rings. The zero-order chi connectivity index (χ0) is 21.5. The van der Waals surface area contributed by atoms with Gasteiger partial charge in [0.25, 0.3) is 0 Å². The monoisotopic (exact) mass is 437 g/mol. The summed E-state index contributed by atoms with van der Waals surface area (Å²) in [5.74, 6) is 1.64. The molecule has 1 aromatic carbocycles. The summed E-state index contributed by atoms with van der Waals surface area (Å²) >= 11 is 1.61. The molecule has 0 saturated carbocycles. The molecule has 7 heteroatoms. The summed E-state index contributed by atoms with van der Waals surface area (Å²) in [6.45, 7) is 4.10. The topological polar surface area (TPSA) is 58.0 Å². The second-order valence-electron chi connectivity index (χ2n) is 7.39. The fraction of sp³-hybridized carbons (Fsp3) is 0.292. The van der Waals surface area contributed by atoms with Gasteiger partial charge < -0.3 is 19.4 Å². The number of ether oxygens (including phenoxy) is 1. The quantitative estimate of drug-likeness (QED) is 0.539. The van der Waals surface area contributed by atoms with E-state index in [1.54, 1.807) is 30.8 Å². The molecule has 1 N–H and O–H groups in total. The highest BCUT2D eigenvalue weighted by Gasteiger charge is 2.27. The van der Waals surface area contributed by atoms with E-state index in [1.807, 2.05) is 47.2 Å². The molecule has 0 aliphatic carbocycles. The number of nitrogens with one attached hydrogen (secondary N) is 1. The van der Waals surface area contributed by atoms with Gasteiger partial charge in [-0.2, -0.15) is 11.3 Å². The molecule has 1 aliphatic heterocycles. The van der Waals surface area contributed by atoms with Crippen molar-refractivity contribution in [1.82, 2.24) is 10.2 Å². The van der Waals surface area contributed by atoms with Crippen LogP contribution in [-0.4, -0.2) is 50.6 Å². The lowest BCUT2D eigenvalue weighted by molar-refractivity contribution is -0.116. The number of hydrogen-bond acceptors (Lipinski definition) is 6. The smallest absolute Gasteiger partial charge is 0.244 e. The van der Waals surface area contributed by atoms with Crippen molar-refractivity contribution in [2.24, 2.45) is 0 Å². The molecule has 0 bridgehead atoms. The number of benzene rings is 1. The van der Waals surface area contributed by atoms with Gasteiger partial charge in [0.2, 0.25) is 5.91 Å². The van der Waals surface area contributed by atoms with Crippen LogP contribution in [0, 0.1) is 0 Å². The van der Waals surface area contributed by atoms with Gasteiger partial charge in [-0.1, -0.05) is 0 Å². The van der Waals surface area contributed by atoms with Gasteiger partial charge in [0, 0.05) is 44.5 Å². The summed E-state index contributed by atoms with van der Waals surface area (Å²) in [7, 11) is 1.68. The number of nitrogens with zero attached hydrogens (tertiary/aromatic N) is 2. The Morgan fingerprint density at radius 3 is 2.65 bits per heavy atom. The van der Waals surface area contributed by atoms with Gasteiger partial charge >= 0.3 is 0 Å². The first kappa shape index (κ1) is 21.2. The van der Waals surface area contributed by atoms with Gasteiger partial charge in [0.05, 0.1) is 19.4 Å². The normalized spacial score (nSPS) is 15.8. The molecule has 162 valence electrons. The van der Waals surface area contributed by atoms with Gasteiger partial charge in [-0.25, -0.2) is 0 Å². The van der Waals surface area contributed by atoms with E-state index >= 15 is 0 Å². The van der Waals surface area contributed by atoms with Crippen LogP contribution in [0.4, 0.5) is 5.69 Å². The van der Waals surface area contributed by atoms with Crippen LogP contribution in [0.3, 0.4) is 0 Å². The molecule has 1 aliphatic rings. The molecule has 0 spiro atoms. The molecular weight excluding hydrogens is 410 g/mol. The molecule has 1 unspecified atom stereocenters. The molecule has 1 atom stereocenters. The molecule has 6 nitrogen and oxygen atoms in total. The van der Waals surface area contributed by atoms with Crippen LogP contribution in [0.1, 0.15) is 17.4 Å². The Morgan fingerprint density at radius 2 is 2.00 bits per heavy atom. The molecule has 0 radical (unpaired) electrons. The number of anilines is 1. The van der Waals surface area contributed by atoms with Gasteiger partial charge in [-0.05, 0) is 64.9 Å². The third-order valence-corrected chi connectivity index (χ3v) is 6.21. The average molecular weight is 438 g/mol. The van der Waals surface area contributed by atoms with Crippen molar-refractivity contribution in [3.63, 3.8) is 0 Å². The van der Waals surface area contributed by atoms with Crippen LogP contribution >= 0.6 is 11.3 Å². The molecular formula is C24H27N3O3S. The molecule has 1 amide bonds. The second kappa shape index (κ2) is 10.3. The zero-order valence-corrected chi connectivity index (χ0v) is 18.4. The minimum absolute atomic E-state index is 0.00603. The first-order chi connectivity index (χ1) is 15.2. The fourth-order valence-corrected chi connectivity index (χ4v) is 4.40. The average Bonchev–Trinajstić information content (AvgIpc) is 3.53. The van der Waals surface area contributed by atoms with E-state index in [0.717, 1.165) is 43.3 Å². The SMILES string of the molecule is COc1ccc(N2CCN(C(CNC(=O)/C=C/c3ccsc3)c3ccco3)CC2)cc1. The molecule has 2 aromatic heterocycles.